The number of hydrogen-bond acceptors (Lipinski definition) is 2. The lowest BCUT2D eigenvalue weighted by Gasteiger charge is -2.33. The molecule has 108 valence electrons. The number of nitrogens with one attached hydrogen (secondary N) is 1. The summed E-state index contributed by atoms with van der Waals surface area (Å²) in [5.41, 5.74) is 8.51. The number of anilines is 2. The molecular weight excluding hydrogens is 269 g/mol. The minimum Gasteiger partial charge on any atom is -0.326 e. The van der Waals surface area contributed by atoms with Gasteiger partial charge in [0.1, 0.15) is 5.82 Å². The first-order valence-electron chi connectivity index (χ1n) is 6.81. The third-order valence-corrected chi connectivity index (χ3v) is 3.52. The Morgan fingerprint density at radius 1 is 1.19 bits per heavy atom. The molecule has 0 radical (unpaired) electrons. The maximum atomic E-state index is 12.9. The first-order chi connectivity index (χ1) is 10.1. The van der Waals surface area contributed by atoms with Gasteiger partial charge in [-0.05, 0) is 42.3 Å². The number of rotatable bonds is 1. The van der Waals surface area contributed by atoms with E-state index in [0.29, 0.717) is 12.2 Å². The van der Waals surface area contributed by atoms with Crippen LogP contribution in [0, 0.1) is 5.82 Å². The van der Waals surface area contributed by atoms with E-state index < -0.39 is 0 Å². The number of nitrogens with two attached hydrogens (primary N) is 1. The van der Waals surface area contributed by atoms with Crippen LogP contribution < -0.4 is 16.0 Å². The summed E-state index contributed by atoms with van der Waals surface area (Å²) in [6.45, 7) is 0.462. The highest BCUT2D eigenvalue weighted by Gasteiger charge is 2.26. The summed E-state index contributed by atoms with van der Waals surface area (Å²) in [5, 5.41) is 2.77. The van der Waals surface area contributed by atoms with Crippen molar-refractivity contribution >= 4 is 17.4 Å². The Morgan fingerprint density at radius 2 is 1.90 bits per heavy atom. The first-order valence-corrected chi connectivity index (χ1v) is 6.81. The summed E-state index contributed by atoms with van der Waals surface area (Å²) >= 11 is 0. The van der Waals surface area contributed by atoms with Gasteiger partial charge in [-0.1, -0.05) is 18.2 Å². The quantitative estimate of drug-likeness (QED) is 0.846. The molecule has 0 saturated carbocycles. The summed E-state index contributed by atoms with van der Waals surface area (Å²) in [6.07, 6.45) is 0.760. The lowest BCUT2D eigenvalue weighted by molar-refractivity contribution is 0.256. The zero-order valence-electron chi connectivity index (χ0n) is 11.4. The molecule has 4 nitrogen and oxygen atoms in total. The van der Waals surface area contributed by atoms with E-state index in [1.807, 2.05) is 24.3 Å². The Morgan fingerprint density at radius 3 is 2.67 bits per heavy atom. The summed E-state index contributed by atoms with van der Waals surface area (Å²) in [5.74, 6) is -0.335. The lowest BCUT2D eigenvalue weighted by atomic mass is 9.99. The standard InChI is InChI=1S/C16H16FN3O/c17-12-5-7-14(8-6-12)19-16(21)20-10-13(18)9-11-3-1-2-4-15(11)20/h1-8,13H,9-10,18H2,(H,19,21). The third kappa shape index (κ3) is 2.87. The Labute approximate surface area is 122 Å². The normalized spacial score (nSPS) is 17.2. The van der Waals surface area contributed by atoms with Gasteiger partial charge in [0.05, 0.1) is 0 Å². The molecule has 0 bridgehead atoms. The van der Waals surface area contributed by atoms with E-state index in [4.69, 9.17) is 5.73 Å². The van der Waals surface area contributed by atoms with Crippen molar-refractivity contribution in [1.82, 2.24) is 0 Å². The van der Waals surface area contributed by atoms with Crippen LogP contribution in [-0.4, -0.2) is 18.6 Å². The van der Waals surface area contributed by atoms with Crippen molar-refractivity contribution in [2.45, 2.75) is 12.5 Å². The molecule has 21 heavy (non-hydrogen) atoms. The molecule has 0 aliphatic carbocycles. The first kappa shape index (κ1) is 13.6. The molecule has 2 aromatic rings. The van der Waals surface area contributed by atoms with Crippen LogP contribution in [0.25, 0.3) is 0 Å². The van der Waals surface area contributed by atoms with Crippen molar-refractivity contribution < 1.29 is 9.18 Å². The Hall–Kier alpha value is -2.40. The van der Waals surface area contributed by atoms with E-state index >= 15 is 0 Å². The van der Waals surface area contributed by atoms with E-state index in [9.17, 15) is 9.18 Å². The van der Waals surface area contributed by atoms with Gasteiger partial charge in [0.25, 0.3) is 0 Å². The fourth-order valence-corrected chi connectivity index (χ4v) is 2.54. The van der Waals surface area contributed by atoms with Crippen LogP contribution in [-0.2, 0) is 6.42 Å². The Bertz CT molecular complexity index is 657. The number of fused-ring (bicyclic) bond motifs is 1. The van der Waals surface area contributed by atoms with Crippen molar-refractivity contribution in [3.8, 4) is 0 Å². The minimum atomic E-state index is -0.335. The van der Waals surface area contributed by atoms with Gasteiger partial charge in [0, 0.05) is 24.0 Å². The lowest BCUT2D eigenvalue weighted by Crippen LogP contribution is -2.47. The largest absolute Gasteiger partial charge is 0.326 e. The van der Waals surface area contributed by atoms with Gasteiger partial charge in [0.15, 0.2) is 0 Å². The number of carbonyl (C=O) groups excluding carboxylic acids is 1. The number of amides is 2. The van der Waals surface area contributed by atoms with Gasteiger partial charge >= 0.3 is 6.03 Å². The zero-order valence-corrected chi connectivity index (χ0v) is 11.4. The molecule has 0 aromatic heterocycles. The fourth-order valence-electron chi connectivity index (χ4n) is 2.54. The SMILES string of the molecule is NC1Cc2ccccc2N(C(=O)Nc2ccc(F)cc2)C1. The van der Waals surface area contributed by atoms with E-state index in [2.05, 4.69) is 5.32 Å². The van der Waals surface area contributed by atoms with Crippen molar-refractivity contribution in [2.24, 2.45) is 5.73 Å². The molecule has 0 saturated heterocycles. The van der Waals surface area contributed by atoms with Gasteiger partial charge in [0.2, 0.25) is 0 Å². The topological polar surface area (TPSA) is 58.4 Å². The molecular formula is C16H16FN3O. The Kier molecular flexibility index (Phi) is 3.58. The molecule has 5 heteroatoms. The number of urea groups is 1. The molecule has 1 unspecified atom stereocenters. The molecule has 2 amide bonds. The smallest absolute Gasteiger partial charge is 0.326 e. The molecule has 1 atom stereocenters. The molecule has 1 aliphatic heterocycles. The van der Waals surface area contributed by atoms with Crippen molar-refractivity contribution in [3.05, 3.63) is 59.9 Å². The number of carbonyl (C=O) groups is 1. The van der Waals surface area contributed by atoms with Crippen molar-refractivity contribution in [3.63, 3.8) is 0 Å². The number of halogens is 1. The number of hydrogen-bond donors (Lipinski definition) is 2. The van der Waals surface area contributed by atoms with Crippen LogP contribution >= 0.6 is 0 Å². The molecule has 2 aromatic carbocycles. The number of nitrogens with zero attached hydrogens (tertiary/aromatic N) is 1. The van der Waals surface area contributed by atoms with Crippen LogP contribution in [0.3, 0.4) is 0 Å². The highest BCUT2D eigenvalue weighted by molar-refractivity contribution is 6.02. The summed E-state index contributed by atoms with van der Waals surface area (Å²) in [6, 6.07) is 13.1. The van der Waals surface area contributed by atoms with Crippen LogP contribution in [0.2, 0.25) is 0 Å². The predicted molar refractivity (Wildman–Crippen MR) is 80.9 cm³/mol. The predicted octanol–water partition coefficient (Wildman–Crippen LogP) is 2.75. The van der Waals surface area contributed by atoms with Gasteiger partial charge in [-0.3, -0.25) is 4.90 Å². The molecule has 3 N–H and O–H groups in total. The highest BCUT2D eigenvalue weighted by atomic mass is 19.1. The van der Waals surface area contributed by atoms with Crippen LogP contribution in [0.1, 0.15) is 5.56 Å². The molecule has 0 spiro atoms. The van der Waals surface area contributed by atoms with E-state index in [-0.39, 0.29) is 17.9 Å². The monoisotopic (exact) mass is 285 g/mol. The van der Waals surface area contributed by atoms with Crippen LogP contribution in [0.15, 0.2) is 48.5 Å². The zero-order chi connectivity index (χ0) is 14.8. The van der Waals surface area contributed by atoms with Gasteiger partial charge < -0.3 is 11.1 Å². The summed E-state index contributed by atoms with van der Waals surface area (Å²) in [4.78, 5) is 14.1. The number of para-hydroxylation sites is 1. The van der Waals surface area contributed by atoms with Crippen molar-refractivity contribution in [1.29, 1.82) is 0 Å². The molecule has 3 rings (SSSR count). The van der Waals surface area contributed by atoms with Crippen LogP contribution in [0.5, 0.6) is 0 Å². The fraction of sp³-hybridized carbons (Fsp3) is 0.188. The second kappa shape index (κ2) is 5.54. The number of benzene rings is 2. The van der Waals surface area contributed by atoms with E-state index in [0.717, 1.165) is 17.7 Å². The second-order valence-corrected chi connectivity index (χ2v) is 5.14. The van der Waals surface area contributed by atoms with Crippen molar-refractivity contribution in [2.75, 3.05) is 16.8 Å². The average Bonchev–Trinajstić information content (AvgIpc) is 2.48. The minimum absolute atomic E-state index is 0.0844. The molecule has 0 fully saturated rings. The molecule has 1 heterocycles. The third-order valence-electron chi connectivity index (χ3n) is 3.52. The van der Waals surface area contributed by atoms with Gasteiger partial charge in [-0.2, -0.15) is 0 Å². The molecule has 1 aliphatic rings. The highest BCUT2D eigenvalue weighted by Crippen LogP contribution is 2.27. The Balaban J connectivity index is 1.83. The second-order valence-electron chi connectivity index (χ2n) is 5.14. The van der Waals surface area contributed by atoms with Gasteiger partial charge in [-0.25, -0.2) is 9.18 Å². The van der Waals surface area contributed by atoms with E-state index in [1.54, 1.807) is 4.90 Å². The average molecular weight is 285 g/mol. The summed E-state index contributed by atoms with van der Waals surface area (Å²) in [7, 11) is 0. The van der Waals surface area contributed by atoms with Crippen LogP contribution in [0.4, 0.5) is 20.6 Å². The van der Waals surface area contributed by atoms with Gasteiger partial charge in [-0.15, -0.1) is 0 Å². The maximum absolute atomic E-state index is 12.9. The van der Waals surface area contributed by atoms with E-state index in [1.165, 1.54) is 24.3 Å². The maximum Gasteiger partial charge on any atom is 0.326 e. The summed E-state index contributed by atoms with van der Waals surface area (Å²) < 4.78 is 12.9.